The summed E-state index contributed by atoms with van der Waals surface area (Å²) in [7, 11) is 1.48. The van der Waals surface area contributed by atoms with Crippen molar-refractivity contribution < 1.29 is 24.1 Å². The maximum atomic E-state index is 11.0. The van der Waals surface area contributed by atoms with Crippen LogP contribution in [0.15, 0.2) is 30.3 Å². The second-order valence-corrected chi connectivity index (χ2v) is 5.57. The molecule has 2 aromatic carbocycles. The van der Waals surface area contributed by atoms with E-state index in [0.717, 1.165) is 16.9 Å². The van der Waals surface area contributed by atoms with E-state index < -0.39 is 5.97 Å². The molecule has 0 bridgehead atoms. The zero-order valence-corrected chi connectivity index (χ0v) is 14.4. The van der Waals surface area contributed by atoms with Crippen molar-refractivity contribution in [1.29, 1.82) is 0 Å². The molecule has 5 heteroatoms. The minimum atomic E-state index is -1.01. The summed E-state index contributed by atoms with van der Waals surface area (Å²) in [5, 5.41) is 8.99. The van der Waals surface area contributed by atoms with Gasteiger partial charge in [0.2, 0.25) is 0 Å². The number of hydrogen-bond acceptors (Lipinski definition) is 4. The fourth-order valence-corrected chi connectivity index (χ4v) is 2.37. The predicted octanol–water partition coefficient (Wildman–Crippen LogP) is 3.78. The molecular formula is C19H22O5. The first-order valence-corrected chi connectivity index (χ1v) is 7.67. The number of benzene rings is 2. The van der Waals surface area contributed by atoms with Crippen LogP contribution >= 0.6 is 0 Å². The van der Waals surface area contributed by atoms with Crippen molar-refractivity contribution in [1.82, 2.24) is 0 Å². The molecule has 0 aromatic heterocycles. The van der Waals surface area contributed by atoms with Crippen molar-refractivity contribution in [3.63, 3.8) is 0 Å². The first-order valence-electron chi connectivity index (χ1n) is 7.67. The molecule has 0 saturated carbocycles. The molecule has 0 aliphatic heterocycles. The van der Waals surface area contributed by atoms with E-state index >= 15 is 0 Å². The van der Waals surface area contributed by atoms with Crippen molar-refractivity contribution in [2.75, 3.05) is 20.3 Å². The lowest BCUT2D eigenvalue weighted by molar-refractivity contribution is 0.0696. The van der Waals surface area contributed by atoms with Crippen molar-refractivity contribution in [2.24, 2.45) is 0 Å². The highest BCUT2D eigenvalue weighted by molar-refractivity contribution is 5.88. The molecule has 0 saturated heterocycles. The fraction of sp³-hybridized carbons (Fsp3) is 0.316. The average Bonchev–Trinajstić information content (AvgIpc) is 2.55. The normalized spacial score (nSPS) is 10.3. The summed E-state index contributed by atoms with van der Waals surface area (Å²) in [6, 6.07) is 8.63. The monoisotopic (exact) mass is 330 g/mol. The van der Waals surface area contributed by atoms with Crippen LogP contribution in [0.2, 0.25) is 0 Å². The number of methoxy groups -OCH3 is 1. The van der Waals surface area contributed by atoms with E-state index in [0.29, 0.717) is 24.7 Å². The van der Waals surface area contributed by atoms with Crippen LogP contribution in [0.1, 0.15) is 27.0 Å². The van der Waals surface area contributed by atoms with Gasteiger partial charge in [0.15, 0.2) is 11.5 Å². The van der Waals surface area contributed by atoms with Gasteiger partial charge in [-0.25, -0.2) is 4.79 Å². The molecule has 0 radical (unpaired) electrons. The van der Waals surface area contributed by atoms with Crippen LogP contribution in [-0.2, 0) is 0 Å². The number of rotatable bonds is 7. The number of hydrogen-bond donors (Lipinski definition) is 1. The third kappa shape index (κ3) is 4.19. The van der Waals surface area contributed by atoms with Gasteiger partial charge in [0.1, 0.15) is 19.0 Å². The Morgan fingerprint density at radius 2 is 1.62 bits per heavy atom. The molecule has 128 valence electrons. The lowest BCUT2D eigenvalue weighted by Crippen LogP contribution is -2.11. The van der Waals surface area contributed by atoms with E-state index in [-0.39, 0.29) is 5.56 Å². The third-order valence-electron chi connectivity index (χ3n) is 3.77. The summed E-state index contributed by atoms with van der Waals surface area (Å²) < 4.78 is 16.6. The highest BCUT2D eigenvalue weighted by atomic mass is 16.5. The van der Waals surface area contributed by atoms with Crippen LogP contribution in [0.3, 0.4) is 0 Å². The first-order chi connectivity index (χ1) is 11.4. The summed E-state index contributed by atoms with van der Waals surface area (Å²) in [4.78, 5) is 11.0. The Morgan fingerprint density at radius 1 is 0.958 bits per heavy atom. The Bertz CT molecular complexity index is 737. The molecule has 2 aromatic rings. The van der Waals surface area contributed by atoms with Crippen LogP contribution in [-0.4, -0.2) is 31.4 Å². The van der Waals surface area contributed by atoms with E-state index in [1.165, 1.54) is 24.8 Å². The lowest BCUT2D eigenvalue weighted by atomic mass is 10.1. The van der Waals surface area contributed by atoms with Gasteiger partial charge in [-0.05, 0) is 61.7 Å². The zero-order valence-electron chi connectivity index (χ0n) is 14.4. The molecule has 5 nitrogen and oxygen atoms in total. The summed E-state index contributed by atoms with van der Waals surface area (Å²) in [5.41, 5.74) is 3.61. The van der Waals surface area contributed by atoms with Crippen molar-refractivity contribution in [2.45, 2.75) is 20.8 Å². The quantitative estimate of drug-likeness (QED) is 0.783. The number of carboxylic acid groups (broad SMARTS) is 1. The summed E-state index contributed by atoms with van der Waals surface area (Å²) in [5.74, 6) is 0.721. The SMILES string of the molecule is COc1cc(C(=O)O)ccc1OCCOc1cc(C)cc(C)c1C. The Hall–Kier alpha value is -2.69. The highest BCUT2D eigenvalue weighted by Gasteiger charge is 2.10. The van der Waals surface area contributed by atoms with Crippen LogP contribution in [0, 0.1) is 20.8 Å². The fourth-order valence-electron chi connectivity index (χ4n) is 2.37. The number of aryl methyl sites for hydroxylation is 2. The molecule has 0 fully saturated rings. The Kier molecular flexibility index (Phi) is 5.68. The van der Waals surface area contributed by atoms with Crippen LogP contribution < -0.4 is 14.2 Å². The van der Waals surface area contributed by atoms with E-state index in [2.05, 4.69) is 13.0 Å². The maximum absolute atomic E-state index is 11.0. The van der Waals surface area contributed by atoms with Crippen molar-refractivity contribution >= 4 is 5.97 Å². The van der Waals surface area contributed by atoms with Crippen molar-refractivity contribution in [3.8, 4) is 17.2 Å². The molecule has 0 unspecified atom stereocenters. The number of carboxylic acids is 1. The Labute approximate surface area is 141 Å². The van der Waals surface area contributed by atoms with Gasteiger partial charge in [0, 0.05) is 0 Å². The molecule has 2 rings (SSSR count). The summed E-state index contributed by atoms with van der Waals surface area (Å²) in [6.45, 7) is 6.83. The smallest absolute Gasteiger partial charge is 0.335 e. The summed E-state index contributed by atoms with van der Waals surface area (Å²) >= 11 is 0. The Balaban J connectivity index is 1.96. The predicted molar refractivity (Wildman–Crippen MR) is 91.6 cm³/mol. The molecule has 0 atom stereocenters. The minimum Gasteiger partial charge on any atom is -0.493 e. The van der Waals surface area contributed by atoms with Gasteiger partial charge in [-0.1, -0.05) is 6.07 Å². The number of ether oxygens (including phenoxy) is 3. The number of carbonyl (C=O) groups is 1. The largest absolute Gasteiger partial charge is 0.493 e. The van der Waals surface area contributed by atoms with Crippen LogP contribution in [0.5, 0.6) is 17.2 Å². The van der Waals surface area contributed by atoms with Gasteiger partial charge >= 0.3 is 5.97 Å². The highest BCUT2D eigenvalue weighted by Crippen LogP contribution is 2.28. The lowest BCUT2D eigenvalue weighted by Gasteiger charge is -2.14. The molecular weight excluding hydrogens is 308 g/mol. The second-order valence-electron chi connectivity index (χ2n) is 5.57. The average molecular weight is 330 g/mol. The molecule has 0 aliphatic rings. The Morgan fingerprint density at radius 3 is 2.25 bits per heavy atom. The second kappa shape index (κ2) is 7.73. The van der Waals surface area contributed by atoms with Gasteiger partial charge in [-0.3, -0.25) is 0 Å². The molecule has 0 amide bonds. The van der Waals surface area contributed by atoms with E-state index in [1.54, 1.807) is 6.07 Å². The van der Waals surface area contributed by atoms with Gasteiger partial charge in [0.25, 0.3) is 0 Å². The molecule has 1 N–H and O–H groups in total. The van der Waals surface area contributed by atoms with E-state index in [9.17, 15) is 4.79 Å². The van der Waals surface area contributed by atoms with Crippen LogP contribution in [0.4, 0.5) is 0 Å². The number of aromatic carboxylic acids is 1. The zero-order chi connectivity index (χ0) is 17.7. The minimum absolute atomic E-state index is 0.154. The van der Waals surface area contributed by atoms with Gasteiger partial charge < -0.3 is 19.3 Å². The van der Waals surface area contributed by atoms with Gasteiger partial charge in [-0.2, -0.15) is 0 Å². The van der Waals surface area contributed by atoms with E-state index in [4.69, 9.17) is 19.3 Å². The molecule has 0 aliphatic carbocycles. The maximum Gasteiger partial charge on any atom is 0.335 e. The van der Waals surface area contributed by atoms with Gasteiger partial charge in [-0.15, -0.1) is 0 Å². The molecule has 0 heterocycles. The first kappa shape index (κ1) is 17.7. The molecule has 0 spiro atoms. The van der Waals surface area contributed by atoms with Crippen LogP contribution in [0.25, 0.3) is 0 Å². The standard InChI is InChI=1S/C19H22O5/c1-12-9-13(2)14(3)17(10-12)24-8-7-23-16-6-5-15(19(20)21)11-18(16)22-4/h5-6,9-11H,7-8H2,1-4H3,(H,20,21). The van der Waals surface area contributed by atoms with Crippen molar-refractivity contribution in [3.05, 3.63) is 52.6 Å². The van der Waals surface area contributed by atoms with Gasteiger partial charge in [0.05, 0.1) is 12.7 Å². The topological polar surface area (TPSA) is 65.0 Å². The third-order valence-corrected chi connectivity index (χ3v) is 3.77. The van der Waals surface area contributed by atoms with E-state index in [1.807, 2.05) is 19.9 Å². The molecule has 24 heavy (non-hydrogen) atoms. The summed E-state index contributed by atoms with van der Waals surface area (Å²) in [6.07, 6.45) is 0.